The zero-order chi connectivity index (χ0) is 49.1. The molecule has 0 fully saturated rings. The number of hydrogen-bond acceptors (Lipinski definition) is 15. The number of anilines is 1. The standard InChI is InChI=1S/C14H7ClF3NO5.C13H12IN5O6S.C11H8ClNO3/c15-10-5-7(14(16,17)18)1-4-12(10)24-8-2-3-11(19(22)23)9(6-8)13(20)21;1-6-15-11(18-13(16-6)25-2)17-12(22)19-26(23,24)9-5-7(14)3-4-8(9)10(20)21;12-8-3-4-9(16-6-10(14)15)11-7(8)2-1-5-13-11/h1-6H,(H,20,21);3-5H,1-2H3,(H,20,21)(H2,15,16,17,18,19,22);1-5H,6H2,(H,14,15). The number of nitrogens with one attached hydrogen (secondary N) is 2. The third-order valence-corrected chi connectivity index (χ3v) is 10.4. The Morgan fingerprint density at radius 2 is 1.56 bits per heavy atom. The van der Waals surface area contributed by atoms with Crippen molar-refractivity contribution in [2.24, 2.45) is 0 Å². The van der Waals surface area contributed by atoms with Crippen LogP contribution in [0.15, 0.2) is 90.0 Å². The number of carboxylic acids is 3. The molecule has 0 radical (unpaired) electrons. The van der Waals surface area contributed by atoms with Gasteiger partial charge in [0.25, 0.3) is 15.7 Å². The van der Waals surface area contributed by atoms with Gasteiger partial charge in [0.1, 0.15) is 39.0 Å². The maximum atomic E-state index is 12.6. The predicted octanol–water partition coefficient (Wildman–Crippen LogP) is 8.11. The van der Waals surface area contributed by atoms with Gasteiger partial charge in [0.15, 0.2) is 6.61 Å². The van der Waals surface area contributed by atoms with E-state index in [1.807, 2.05) is 22.6 Å². The first kappa shape index (κ1) is 51.5. The second-order valence-electron chi connectivity index (χ2n) is 12.3. The Hall–Kier alpha value is -7.17. The van der Waals surface area contributed by atoms with E-state index in [4.69, 9.17) is 52.7 Å². The first-order chi connectivity index (χ1) is 30.9. The molecule has 0 aliphatic heterocycles. The first-order valence-electron chi connectivity index (χ1n) is 17.5. The van der Waals surface area contributed by atoms with E-state index in [9.17, 15) is 50.9 Å². The molecular formula is C38H27Cl2F3IN7O14S. The van der Waals surface area contributed by atoms with Crippen molar-refractivity contribution in [2.45, 2.75) is 18.0 Å². The van der Waals surface area contributed by atoms with E-state index in [-0.39, 0.29) is 34.3 Å². The van der Waals surface area contributed by atoms with Crippen LogP contribution in [0, 0.1) is 20.6 Å². The zero-order valence-corrected chi connectivity index (χ0v) is 37.5. The molecule has 0 aliphatic rings. The molecule has 0 unspecified atom stereocenters. The molecule has 0 saturated heterocycles. The van der Waals surface area contributed by atoms with Crippen LogP contribution in [-0.4, -0.2) is 86.3 Å². The van der Waals surface area contributed by atoms with Gasteiger partial charge in [-0.1, -0.05) is 23.2 Å². The molecule has 2 amide bonds. The third-order valence-electron chi connectivity index (χ3n) is 7.74. The number of sulfonamides is 1. The van der Waals surface area contributed by atoms with Crippen molar-refractivity contribution >= 4 is 102 Å². The number of fused-ring (bicyclic) bond motifs is 1. The Morgan fingerprint density at radius 1 is 0.879 bits per heavy atom. The normalized spacial score (nSPS) is 10.8. The largest absolute Gasteiger partial charge is 0.480 e. The minimum absolute atomic E-state index is 0.0681. The molecular weight excluding hydrogens is 1070 g/mol. The van der Waals surface area contributed by atoms with Gasteiger partial charge >= 0.3 is 36.1 Å². The van der Waals surface area contributed by atoms with Gasteiger partial charge in [0.2, 0.25) is 5.95 Å². The smallest absolute Gasteiger partial charge is 0.416 e. The van der Waals surface area contributed by atoms with Crippen molar-refractivity contribution in [3.8, 4) is 23.3 Å². The number of nitro benzene ring substituents is 1. The van der Waals surface area contributed by atoms with E-state index >= 15 is 0 Å². The molecule has 0 saturated carbocycles. The van der Waals surface area contributed by atoms with Crippen molar-refractivity contribution in [3.05, 3.63) is 131 Å². The van der Waals surface area contributed by atoms with Crippen molar-refractivity contribution < 1.29 is 75.2 Å². The number of methoxy groups -OCH3 is 1. The summed E-state index contributed by atoms with van der Waals surface area (Å²) in [4.78, 5) is 69.5. The zero-order valence-electron chi connectivity index (χ0n) is 33.0. The number of halogens is 6. The van der Waals surface area contributed by atoms with E-state index in [1.165, 1.54) is 20.1 Å². The van der Waals surface area contributed by atoms with Crippen LogP contribution in [-0.2, 0) is 21.0 Å². The number of aryl methyl sites for hydroxylation is 1. The summed E-state index contributed by atoms with van der Waals surface area (Å²) in [6, 6.07) is 14.6. The Labute approximate surface area is 391 Å². The predicted molar refractivity (Wildman–Crippen MR) is 233 cm³/mol. The lowest BCUT2D eigenvalue weighted by Crippen LogP contribution is -2.35. The van der Waals surface area contributed by atoms with Gasteiger partial charge in [0.05, 0.1) is 33.2 Å². The molecule has 2 aromatic heterocycles. The van der Waals surface area contributed by atoms with Crippen LogP contribution >= 0.6 is 45.8 Å². The SMILES string of the molecule is COc1nc(C)nc(NC(=O)NS(=O)(=O)c2cc(I)ccc2C(=O)O)n1.O=C(O)COc1ccc(Cl)c2cccnc12.O=C(O)c1cc(Oc2ccc(C(F)(F)F)cc2Cl)ccc1[N+](=O)[O-]. The fourth-order valence-corrected chi connectivity index (χ4v) is 7.24. The molecule has 28 heteroatoms. The number of benzene rings is 4. The first-order valence-corrected chi connectivity index (χ1v) is 20.8. The molecule has 4 aromatic carbocycles. The Bertz CT molecular complexity index is 2970. The van der Waals surface area contributed by atoms with Crippen LogP contribution in [0.5, 0.6) is 23.3 Å². The Balaban J connectivity index is 0.000000222. The highest BCUT2D eigenvalue weighted by molar-refractivity contribution is 14.1. The number of aromatic carboxylic acids is 2. The van der Waals surface area contributed by atoms with Gasteiger partial charge in [-0.2, -0.15) is 28.1 Å². The molecule has 5 N–H and O–H groups in total. The van der Waals surface area contributed by atoms with Crippen molar-refractivity contribution in [3.63, 3.8) is 0 Å². The summed E-state index contributed by atoms with van der Waals surface area (Å²) in [6.45, 7) is 1.13. The lowest BCUT2D eigenvalue weighted by Gasteiger charge is -2.11. The highest BCUT2D eigenvalue weighted by atomic mass is 127. The van der Waals surface area contributed by atoms with E-state index < -0.39 is 78.9 Å². The summed E-state index contributed by atoms with van der Waals surface area (Å²) in [6.07, 6.45) is -2.97. The number of carboxylic acid groups (broad SMARTS) is 3. The van der Waals surface area contributed by atoms with Gasteiger partial charge in [-0.3, -0.25) is 20.4 Å². The number of ether oxygens (including phenoxy) is 3. The van der Waals surface area contributed by atoms with E-state index in [0.717, 1.165) is 47.9 Å². The van der Waals surface area contributed by atoms with Crippen LogP contribution in [0.1, 0.15) is 32.1 Å². The molecule has 66 heavy (non-hydrogen) atoms. The number of hydrogen-bond donors (Lipinski definition) is 5. The number of pyridine rings is 1. The maximum Gasteiger partial charge on any atom is 0.416 e. The van der Waals surface area contributed by atoms with Crippen LogP contribution in [0.2, 0.25) is 10.0 Å². The number of aromatic nitrogens is 4. The topological polar surface area (TPSA) is 310 Å². The number of urea groups is 1. The fourth-order valence-electron chi connectivity index (χ4n) is 4.97. The highest BCUT2D eigenvalue weighted by Gasteiger charge is 2.31. The minimum atomic E-state index is -4.58. The summed E-state index contributed by atoms with van der Waals surface area (Å²) < 4.78 is 79.8. The summed E-state index contributed by atoms with van der Waals surface area (Å²) in [5.41, 5.74) is -2.15. The number of carbonyl (C=O) groups excluding carboxylic acids is 1. The van der Waals surface area contributed by atoms with Crippen LogP contribution in [0.3, 0.4) is 0 Å². The van der Waals surface area contributed by atoms with E-state index in [0.29, 0.717) is 25.9 Å². The summed E-state index contributed by atoms with van der Waals surface area (Å²) in [5.74, 6) is -3.88. The van der Waals surface area contributed by atoms with Crippen molar-refractivity contribution in [2.75, 3.05) is 19.0 Å². The number of rotatable bonds is 12. The minimum Gasteiger partial charge on any atom is -0.480 e. The lowest BCUT2D eigenvalue weighted by atomic mass is 10.1. The number of aliphatic carboxylic acids is 1. The molecule has 21 nitrogen and oxygen atoms in total. The van der Waals surface area contributed by atoms with E-state index in [1.54, 1.807) is 35.2 Å². The average molecular weight is 1090 g/mol. The lowest BCUT2D eigenvalue weighted by molar-refractivity contribution is -0.385. The van der Waals surface area contributed by atoms with Crippen LogP contribution < -0.4 is 24.2 Å². The molecule has 0 spiro atoms. The number of nitro groups is 1. The number of alkyl halides is 3. The van der Waals surface area contributed by atoms with E-state index in [2.05, 4.69) is 25.3 Å². The molecule has 6 rings (SSSR count). The van der Waals surface area contributed by atoms with Gasteiger partial charge < -0.3 is 29.5 Å². The quantitative estimate of drug-likeness (QED) is 0.0439. The second kappa shape index (κ2) is 22.1. The van der Waals surface area contributed by atoms with Gasteiger partial charge in [0, 0.05) is 27.3 Å². The van der Waals surface area contributed by atoms with Gasteiger partial charge in [-0.15, -0.1) is 0 Å². The van der Waals surface area contributed by atoms with Crippen LogP contribution in [0.25, 0.3) is 10.9 Å². The van der Waals surface area contributed by atoms with Crippen molar-refractivity contribution in [1.29, 1.82) is 0 Å². The number of carbonyl (C=O) groups is 4. The fraction of sp³-hybridized carbons (Fsp3) is 0.105. The van der Waals surface area contributed by atoms with Crippen molar-refractivity contribution in [1.82, 2.24) is 24.7 Å². The molecule has 0 atom stereocenters. The average Bonchev–Trinajstić information content (AvgIpc) is 3.23. The molecule has 6 aromatic rings. The maximum absolute atomic E-state index is 12.6. The highest BCUT2D eigenvalue weighted by Crippen LogP contribution is 2.37. The van der Waals surface area contributed by atoms with Gasteiger partial charge in [-0.05, 0) is 96.2 Å². The Morgan fingerprint density at radius 3 is 2.17 bits per heavy atom. The number of amides is 2. The third kappa shape index (κ3) is 14.2. The van der Waals surface area contributed by atoms with Gasteiger partial charge in [-0.25, -0.2) is 32.3 Å². The molecule has 0 aliphatic carbocycles. The summed E-state index contributed by atoms with van der Waals surface area (Å²) in [5, 5.41) is 40.5. The molecule has 0 bridgehead atoms. The monoisotopic (exact) mass is 1090 g/mol. The molecule has 346 valence electrons. The summed E-state index contributed by atoms with van der Waals surface area (Å²) >= 11 is 13.5. The number of nitrogens with zero attached hydrogens (tertiary/aromatic N) is 5. The summed E-state index contributed by atoms with van der Waals surface area (Å²) in [7, 11) is -3.14. The molecule has 2 heterocycles. The van der Waals surface area contributed by atoms with Crippen LogP contribution in [0.4, 0.5) is 29.6 Å². The second-order valence-corrected chi connectivity index (χ2v) is 16.0. The Kier molecular flexibility index (Phi) is 17.3.